The van der Waals surface area contributed by atoms with E-state index in [0.29, 0.717) is 0 Å². The first-order valence-corrected chi connectivity index (χ1v) is 8.59. The topological polar surface area (TPSA) is 12.0 Å². The fourth-order valence-electron chi connectivity index (χ4n) is 5.79. The quantitative estimate of drug-likeness (QED) is 0.791. The summed E-state index contributed by atoms with van der Waals surface area (Å²) in [6.07, 6.45) is 16.8. The average molecular weight is 247 g/mol. The molecule has 0 saturated heterocycles. The van der Waals surface area contributed by atoms with Gasteiger partial charge in [-0.3, -0.25) is 0 Å². The molecule has 1 spiro atoms. The van der Waals surface area contributed by atoms with Crippen molar-refractivity contribution in [3.05, 3.63) is 0 Å². The molecule has 0 aliphatic heterocycles. The molecule has 0 radical (unpaired) electrons. The van der Waals surface area contributed by atoms with E-state index < -0.39 is 0 Å². The fraction of sp³-hybridized carbons (Fsp3) is 1.00. The van der Waals surface area contributed by atoms with Crippen molar-refractivity contribution in [2.45, 2.75) is 76.7 Å². The van der Waals surface area contributed by atoms with E-state index in [2.05, 4.69) is 5.32 Å². The summed E-state index contributed by atoms with van der Waals surface area (Å²) in [6, 6.07) is 0.900. The van der Waals surface area contributed by atoms with E-state index in [1.807, 2.05) is 0 Å². The second kappa shape index (κ2) is 4.51. The Morgan fingerprint density at radius 1 is 0.889 bits per heavy atom. The minimum atomic E-state index is 0.760. The molecule has 0 heterocycles. The van der Waals surface area contributed by atoms with E-state index >= 15 is 0 Å². The Morgan fingerprint density at radius 3 is 2.39 bits per heavy atom. The minimum Gasteiger partial charge on any atom is -0.313 e. The monoisotopic (exact) mass is 247 g/mol. The van der Waals surface area contributed by atoms with E-state index in [1.165, 1.54) is 51.5 Å². The van der Waals surface area contributed by atoms with Crippen molar-refractivity contribution in [3.8, 4) is 0 Å². The molecule has 0 aromatic carbocycles. The van der Waals surface area contributed by atoms with Gasteiger partial charge in [0.2, 0.25) is 0 Å². The smallest absolute Gasteiger partial charge is 0.0124 e. The minimum absolute atomic E-state index is 0.760. The zero-order valence-electron chi connectivity index (χ0n) is 11.8. The average Bonchev–Trinajstić information content (AvgIpc) is 3.01. The summed E-state index contributed by atoms with van der Waals surface area (Å²) in [5.41, 5.74) is 0.760. The predicted octanol–water partition coefficient (Wildman–Crippen LogP) is 4.13. The Labute approximate surface area is 112 Å². The van der Waals surface area contributed by atoms with E-state index in [9.17, 15) is 0 Å². The summed E-state index contributed by atoms with van der Waals surface area (Å²) < 4.78 is 0. The van der Waals surface area contributed by atoms with Crippen molar-refractivity contribution in [1.82, 2.24) is 5.32 Å². The van der Waals surface area contributed by atoms with Gasteiger partial charge in [-0.05, 0) is 74.7 Å². The van der Waals surface area contributed by atoms with E-state index in [1.54, 1.807) is 25.7 Å². The molecule has 4 aliphatic rings. The van der Waals surface area contributed by atoms with Gasteiger partial charge in [-0.1, -0.05) is 25.7 Å². The molecule has 102 valence electrons. The predicted molar refractivity (Wildman–Crippen MR) is 75.5 cm³/mol. The van der Waals surface area contributed by atoms with Crippen LogP contribution < -0.4 is 5.32 Å². The lowest BCUT2D eigenvalue weighted by Gasteiger charge is -2.53. The number of hydrogen-bond donors (Lipinski definition) is 1. The van der Waals surface area contributed by atoms with Crippen LogP contribution in [0.25, 0.3) is 0 Å². The molecule has 1 heteroatoms. The number of fused-ring (bicyclic) bond motifs is 2. The first kappa shape index (κ1) is 11.8. The second-order valence-electron chi connectivity index (χ2n) is 7.86. The third kappa shape index (κ3) is 1.85. The number of nitrogens with one attached hydrogen (secondary N) is 1. The summed E-state index contributed by atoms with van der Waals surface area (Å²) in [4.78, 5) is 0. The fourth-order valence-corrected chi connectivity index (χ4v) is 5.79. The van der Waals surface area contributed by atoms with Gasteiger partial charge in [0.1, 0.15) is 0 Å². The molecule has 0 amide bonds. The van der Waals surface area contributed by atoms with Gasteiger partial charge in [-0.2, -0.15) is 0 Å². The van der Waals surface area contributed by atoms with E-state index in [4.69, 9.17) is 0 Å². The first-order chi connectivity index (χ1) is 8.86. The molecule has 18 heavy (non-hydrogen) atoms. The highest BCUT2D eigenvalue weighted by Gasteiger charge is 2.47. The molecule has 4 rings (SSSR count). The van der Waals surface area contributed by atoms with Gasteiger partial charge < -0.3 is 5.32 Å². The van der Waals surface area contributed by atoms with Crippen LogP contribution in [-0.4, -0.2) is 12.6 Å². The maximum Gasteiger partial charge on any atom is 0.0124 e. The molecule has 0 aromatic heterocycles. The van der Waals surface area contributed by atoms with Gasteiger partial charge >= 0.3 is 0 Å². The van der Waals surface area contributed by atoms with Gasteiger partial charge in [-0.25, -0.2) is 0 Å². The van der Waals surface area contributed by atoms with Gasteiger partial charge in [0.25, 0.3) is 0 Å². The molecule has 4 atom stereocenters. The SMILES string of the molecule is C1CCC2(CC1)CCC2NCC1CC2CCC1C2. The zero-order valence-corrected chi connectivity index (χ0v) is 11.8. The van der Waals surface area contributed by atoms with Crippen LogP contribution in [0.1, 0.15) is 70.6 Å². The molecule has 2 bridgehead atoms. The molecule has 4 aliphatic carbocycles. The van der Waals surface area contributed by atoms with Crippen LogP contribution >= 0.6 is 0 Å². The molecular weight excluding hydrogens is 218 g/mol. The Bertz CT molecular complexity index is 305. The van der Waals surface area contributed by atoms with Crippen LogP contribution in [0.2, 0.25) is 0 Å². The van der Waals surface area contributed by atoms with Gasteiger partial charge in [0, 0.05) is 6.04 Å². The van der Waals surface area contributed by atoms with Crippen molar-refractivity contribution in [2.75, 3.05) is 6.54 Å². The summed E-state index contributed by atoms with van der Waals surface area (Å²) >= 11 is 0. The van der Waals surface area contributed by atoms with Crippen LogP contribution in [0.15, 0.2) is 0 Å². The van der Waals surface area contributed by atoms with Gasteiger partial charge in [-0.15, -0.1) is 0 Å². The van der Waals surface area contributed by atoms with Crippen LogP contribution in [-0.2, 0) is 0 Å². The lowest BCUT2D eigenvalue weighted by atomic mass is 9.57. The molecular formula is C17H29N. The Morgan fingerprint density at radius 2 is 1.78 bits per heavy atom. The molecule has 4 fully saturated rings. The Hall–Kier alpha value is -0.0400. The largest absolute Gasteiger partial charge is 0.313 e. The first-order valence-electron chi connectivity index (χ1n) is 8.59. The summed E-state index contributed by atoms with van der Waals surface area (Å²) in [6.45, 7) is 1.35. The standard InChI is InChI=1S/C17H29N/c1-2-7-17(8-3-1)9-6-16(17)18-12-15-11-13-4-5-14(15)10-13/h13-16,18H,1-12H2. The van der Waals surface area contributed by atoms with Crippen molar-refractivity contribution in [1.29, 1.82) is 0 Å². The van der Waals surface area contributed by atoms with E-state index in [0.717, 1.165) is 29.2 Å². The van der Waals surface area contributed by atoms with Crippen LogP contribution in [0, 0.1) is 23.2 Å². The van der Waals surface area contributed by atoms with E-state index in [-0.39, 0.29) is 0 Å². The lowest BCUT2D eigenvalue weighted by Crippen LogP contribution is -2.55. The van der Waals surface area contributed by atoms with Crippen molar-refractivity contribution >= 4 is 0 Å². The summed E-state index contributed by atoms with van der Waals surface area (Å²) in [7, 11) is 0. The number of rotatable bonds is 3. The lowest BCUT2D eigenvalue weighted by molar-refractivity contribution is 0.0196. The number of hydrogen-bond acceptors (Lipinski definition) is 1. The summed E-state index contributed by atoms with van der Waals surface area (Å²) in [5.74, 6) is 3.27. The van der Waals surface area contributed by atoms with Crippen LogP contribution in [0.4, 0.5) is 0 Å². The Kier molecular flexibility index (Phi) is 2.94. The molecule has 1 N–H and O–H groups in total. The highest BCUT2D eigenvalue weighted by molar-refractivity contribution is 5.02. The molecule has 1 nitrogen and oxygen atoms in total. The summed E-state index contributed by atoms with van der Waals surface area (Å²) in [5, 5.41) is 4.01. The van der Waals surface area contributed by atoms with Gasteiger partial charge in [0.05, 0.1) is 0 Å². The van der Waals surface area contributed by atoms with Crippen molar-refractivity contribution in [2.24, 2.45) is 23.2 Å². The third-order valence-corrected chi connectivity index (χ3v) is 7.03. The molecule has 4 saturated carbocycles. The highest BCUT2D eigenvalue weighted by Crippen LogP contribution is 2.52. The van der Waals surface area contributed by atoms with Crippen LogP contribution in [0.3, 0.4) is 0 Å². The Balaban J connectivity index is 1.30. The maximum absolute atomic E-state index is 4.01. The second-order valence-corrected chi connectivity index (χ2v) is 7.86. The van der Waals surface area contributed by atoms with Crippen molar-refractivity contribution < 1.29 is 0 Å². The molecule has 0 aromatic rings. The highest BCUT2D eigenvalue weighted by atomic mass is 15.0. The maximum atomic E-state index is 4.01. The van der Waals surface area contributed by atoms with Crippen molar-refractivity contribution in [3.63, 3.8) is 0 Å². The zero-order chi connectivity index (χ0) is 12.0. The molecule has 4 unspecified atom stereocenters. The van der Waals surface area contributed by atoms with Gasteiger partial charge in [0.15, 0.2) is 0 Å². The normalized spacial score (nSPS) is 45.3. The third-order valence-electron chi connectivity index (χ3n) is 7.03. The van der Waals surface area contributed by atoms with Crippen LogP contribution in [0.5, 0.6) is 0 Å².